The number of nitrogens with zero attached hydrogens (tertiary/aromatic N) is 1. The van der Waals surface area contributed by atoms with E-state index in [0.717, 1.165) is 22.3 Å². The molecule has 0 amide bonds. The lowest BCUT2D eigenvalue weighted by Crippen LogP contribution is -1.79. The first-order chi connectivity index (χ1) is 8.36. The van der Waals surface area contributed by atoms with E-state index in [9.17, 15) is 0 Å². The Labute approximate surface area is 103 Å². The second-order valence-corrected chi connectivity index (χ2v) is 3.26. The van der Waals surface area contributed by atoms with Crippen LogP contribution in [0, 0.1) is 0 Å². The number of hydrogen-bond acceptors (Lipinski definition) is 2. The number of para-hydroxylation sites is 1. The fourth-order valence-corrected chi connectivity index (χ4v) is 1.64. The van der Waals surface area contributed by atoms with Gasteiger partial charge in [0.25, 0.3) is 0 Å². The summed E-state index contributed by atoms with van der Waals surface area (Å²) in [5.74, 6) is 0.816. The molecule has 0 unspecified atom stereocenters. The third-order valence-electron chi connectivity index (χ3n) is 2.24. The zero-order chi connectivity index (χ0) is 12.7. The van der Waals surface area contributed by atoms with Crippen LogP contribution in [0.3, 0.4) is 0 Å². The molecule has 0 spiro atoms. The number of rotatable bonds is 2. The topological polar surface area (TPSA) is 25.5 Å². The zero-order valence-electron chi connectivity index (χ0n) is 10.9. The molecular weight excluding hydrogens is 210 g/mol. The first kappa shape index (κ1) is 13.2. The van der Waals surface area contributed by atoms with Crippen LogP contribution in [0.4, 0.5) is 0 Å². The van der Waals surface area contributed by atoms with Gasteiger partial charge in [-0.1, -0.05) is 44.2 Å². The molecule has 2 heteroatoms. The van der Waals surface area contributed by atoms with E-state index in [0.29, 0.717) is 0 Å². The average Bonchev–Trinajstić information content (AvgIpc) is 2.72. The summed E-state index contributed by atoms with van der Waals surface area (Å²) in [4.78, 5) is 3.99. The Morgan fingerprint density at radius 1 is 1.18 bits per heavy atom. The van der Waals surface area contributed by atoms with Gasteiger partial charge in [-0.2, -0.15) is 0 Å². The van der Waals surface area contributed by atoms with Crippen LogP contribution in [-0.4, -0.2) is 13.3 Å². The van der Waals surface area contributed by atoms with Crippen LogP contribution in [0.1, 0.15) is 32.1 Å². The van der Waals surface area contributed by atoms with Crippen LogP contribution >= 0.6 is 0 Å². The molecule has 0 saturated carbocycles. The van der Waals surface area contributed by atoms with Gasteiger partial charge in [-0.3, -0.25) is 4.99 Å². The Bertz CT molecular complexity index is 521. The van der Waals surface area contributed by atoms with Crippen LogP contribution in [-0.2, 0) is 0 Å². The maximum absolute atomic E-state index is 5.69. The standard InChI is InChI=1S/C13H13NO.C2H6/c1-3-6-10-11-7-4-5-8-12(11)15-13(10)9-14-2;1-2/h3-9H,1-2H3;1-2H3/b6-3-,14-9?;. The monoisotopic (exact) mass is 229 g/mol. The summed E-state index contributed by atoms with van der Waals surface area (Å²) < 4.78 is 5.69. The molecule has 2 nitrogen and oxygen atoms in total. The minimum atomic E-state index is 0.816. The van der Waals surface area contributed by atoms with E-state index < -0.39 is 0 Å². The van der Waals surface area contributed by atoms with Crippen LogP contribution in [0.5, 0.6) is 0 Å². The third-order valence-corrected chi connectivity index (χ3v) is 2.24. The van der Waals surface area contributed by atoms with Crippen LogP contribution in [0.2, 0.25) is 0 Å². The zero-order valence-corrected chi connectivity index (χ0v) is 10.9. The number of allylic oxidation sites excluding steroid dienone is 1. The lowest BCUT2D eigenvalue weighted by molar-refractivity contribution is 0.607. The Kier molecular flexibility index (Phi) is 5.21. The summed E-state index contributed by atoms with van der Waals surface area (Å²) >= 11 is 0. The van der Waals surface area contributed by atoms with Crippen molar-refractivity contribution in [1.82, 2.24) is 0 Å². The highest BCUT2D eigenvalue weighted by atomic mass is 16.3. The van der Waals surface area contributed by atoms with Gasteiger partial charge >= 0.3 is 0 Å². The lowest BCUT2D eigenvalue weighted by atomic mass is 10.1. The first-order valence-electron chi connectivity index (χ1n) is 5.93. The van der Waals surface area contributed by atoms with Crippen molar-refractivity contribution in [2.45, 2.75) is 20.8 Å². The van der Waals surface area contributed by atoms with Gasteiger partial charge < -0.3 is 4.42 Å². The largest absolute Gasteiger partial charge is 0.454 e. The van der Waals surface area contributed by atoms with E-state index in [-0.39, 0.29) is 0 Å². The van der Waals surface area contributed by atoms with Crippen LogP contribution in [0.15, 0.2) is 39.8 Å². The Morgan fingerprint density at radius 2 is 1.88 bits per heavy atom. The smallest absolute Gasteiger partial charge is 0.153 e. The molecule has 0 fully saturated rings. The number of fused-ring (bicyclic) bond motifs is 1. The number of hydrogen-bond donors (Lipinski definition) is 0. The summed E-state index contributed by atoms with van der Waals surface area (Å²) in [6.45, 7) is 5.99. The van der Waals surface area contributed by atoms with Crippen molar-refractivity contribution in [2.24, 2.45) is 4.99 Å². The molecule has 1 aromatic heterocycles. The van der Waals surface area contributed by atoms with Gasteiger partial charge in [0.1, 0.15) is 5.58 Å². The van der Waals surface area contributed by atoms with Crippen molar-refractivity contribution in [3.05, 3.63) is 41.7 Å². The Morgan fingerprint density at radius 3 is 2.53 bits per heavy atom. The molecule has 0 radical (unpaired) electrons. The minimum Gasteiger partial charge on any atom is -0.454 e. The van der Waals surface area contributed by atoms with Gasteiger partial charge in [-0.05, 0) is 13.0 Å². The minimum absolute atomic E-state index is 0.816. The average molecular weight is 229 g/mol. The van der Waals surface area contributed by atoms with Gasteiger partial charge in [-0.15, -0.1) is 0 Å². The number of furan rings is 1. The van der Waals surface area contributed by atoms with Gasteiger partial charge in [0.05, 0.1) is 6.21 Å². The SMILES string of the molecule is C/C=C\c1c(C=NC)oc2ccccc12.CC. The molecule has 1 aromatic carbocycles. The van der Waals surface area contributed by atoms with Crippen molar-refractivity contribution in [1.29, 1.82) is 0 Å². The van der Waals surface area contributed by atoms with Gasteiger partial charge in [-0.25, -0.2) is 0 Å². The maximum atomic E-state index is 5.69. The molecule has 0 saturated heterocycles. The highest BCUT2D eigenvalue weighted by molar-refractivity contribution is 5.96. The van der Waals surface area contributed by atoms with Crippen molar-refractivity contribution in [2.75, 3.05) is 7.05 Å². The predicted octanol–water partition coefficient (Wildman–Crippen LogP) is 4.54. The molecule has 17 heavy (non-hydrogen) atoms. The summed E-state index contributed by atoms with van der Waals surface area (Å²) in [5.41, 5.74) is 2.00. The van der Waals surface area contributed by atoms with Gasteiger partial charge in [0, 0.05) is 18.0 Å². The van der Waals surface area contributed by atoms with Crippen molar-refractivity contribution in [3.63, 3.8) is 0 Å². The van der Waals surface area contributed by atoms with Crippen LogP contribution < -0.4 is 0 Å². The molecule has 2 rings (SSSR count). The fourth-order valence-electron chi connectivity index (χ4n) is 1.64. The van der Waals surface area contributed by atoms with E-state index in [1.165, 1.54) is 0 Å². The van der Waals surface area contributed by atoms with E-state index in [4.69, 9.17) is 4.42 Å². The summed E-state index contributed by atoms with van der Waals surface area (Å²) in [7, 11) is 1.74. The second-order valence-electron chi connectivity index (χ2n) is 3.26. The molecule has 0 N–H and O–H groups in total. The normalized spacial score (nSPS) is 11.1. The van der Waals surface area contributed by atoms with Crippen molar-refractivity contribution < 1.29 is 4.42 Å². The summed E-state index contributed by atoms with van der Waals surface area (Å²) in [6, 6.07) is 8.01. The third kappa shape index (κ3) is 2.84. The molecule has 2 aromatic rings. The van der Waals surface area contributed by atoms with Crippen molar-refractivity contribution >= 4 is 23.3 Å². The molecule has 0 aliphatic heterocycles. The Hall–Kier alpha value is -1.83. The Balaban J connectivity index is 0.000000686. The number of aliphatic imine (C=N–C) groups is 1. The molecule has 0 bridgehead atoms. The quantitative estimate of drug-likeness (QED) is 0.694. The fraction of sp³-hybridized carbons (Fsp3) is 0.267. The lowest BCUT2D eigenvalue weighted by Gasteiger charge is -1.89. The highest BCUT2D eigenvalue weighted by Crippen LogP contribution is 2.25. The highest BCUT2D eigenvalue weighted by Gasteiger charge is 2.08. The maximum Gasteiger partial charge on any atom is 0.153 e. The van der Waals surface area contributed by atoms with Crippen molar-refractivity contribution in [3.8, 4) is 0 Å². The van der Waals surface area contributed by atoms with E-state index in [1.807, 2.05) is 51.1 Å². The molecule has 0 atom stereocenters. The first-order valence-corrected chi connectivity index (χ1v) is 5.93. The number of benzene rings is 1. The van der Waals surface area contributed by atoms with Gasteiger partial charge in [0.2, 0.25) is 0 Å². The molecule has 90 valence electrons. The van der Waals surface area contributed by atoms with Crippen LogP contribution in [0.25, 0.3) is 17.0 Å². The van der Waals surface area contributed by atoms with Gasteiger partial charge in [0.15, 0.2) is 5.76 Å². The molecular formula is C15H19NO. The second kappa shape index (κ2) is 6.69. The predicted molar refractivity (Wildman–Crippen MR) is 75.8 cm³/mol. The van der Waals surface area contributed by atoms with E-state index in [2.05, 4.69) is 11.1 Å². The molecule has 0 aliphatic carbocycles. The molecule has 1 heterocycles. The summed E-state index contributed by atoms with van der Waals surface area (Å²) in [5, 5.41) is 1.13. The molecule has 0 aliphatic rings. The summed E-state index contributed by atoms with van der Waals surface area (Å²) in [6.07, 6.45) is 5.79. The van der Waals surface area contributed by atoms with E-state index >= 15 is 0 Å². The van der Waals surface area contributed by atoms with E-state index in [1.54, 1.807) is 13.3 Å².